The van der Waals surface area contributed by atoms with Crippen LogP contribution in [0.25, 0.3) is 0 Å². The van der Waals surface area contributed by atoms with E-state index < -0.39 is 21.6 Å². The Hall–Kier alpha value is -2.67. The molecule has 1 N–H and O–H groups in total. The Bertz CT molecular complexity index is 1450. The van der Waals surface area contributed by atoms with Crippen molar-refractivity contribution >= 4 is 62.5 Å². The summed E-state index contributed by atoms with van der Waals surface area (Å²) >= 11 is 18.4. The molecule has 0 radical (unpaired) electrons. The number of unbranched alkanes of at least 4 members (excludes halogenated alkanes) is 2. The SMILES string of the molecule is Cc1cc(NC(=O)CCCCCN2C(=O)[C@@H]3[C@@H](C2=O)C2(Cl)c4ccccc4C3(Cl)c3ccccc32)c(C)cc1Br. The number of nitrogens with one attached hydrogen (secondary N) is 1. The van der Waals surface area contributed by atoms with Crippen LogP contribution in [0.15, 0.2) is 65.1 Å². The van der Waals surface area contributed by atoms with E-state index >= 15 is 0 Å². The number of hydrogen-bond donors (Lipinski definition) is 1. The summed E-state index contributed by atoms with van der Waals surface area (Å²) in [7, 11) is 0. The van der Waals surface area contributed by atoms with Crippen molar-refractivity contribution < 1.29 is 14.4 Å². The highest BCUT2D eigenvalue weighted by Gasteiger charge is 2.72. The maximum atomic E-state index is 13.9. The molecule has 0 aromatic heterocycles. The first-order chi connectivity index (χ1) is 19.1. The Kier molecular flexibility index (Phi) is 6.88. The number of hydrogen-bond acceptors (Lipinski definition) is 3. The molecule has 5 nitrogen and oxygen atoms in total. The third-order valence-corrected chi connectivity index (χ3v) is 10.9. The minimum atomic E-state index is -1.16. The molecule has 0 spiro atoms. The van der Waals surface area contributed by atoms with Crippen LogP contribution in [0.3, 0.4) is 0 Å². The summed E-state index contributed by atoms with van der Waals surface area (Å²) in [6.07, 6.45) is 2.32. The lowest BCUT2D eigenvalue weighted by Crippen LogP contribution is -2.57. The zero-order valence-corrected chi connectivity index (χ0v) is 25.4. The maximum absolute atomic E-state index is 13.9. The lowest BCUT2D eigenvalue weighted by molar-refractivity contribution is -0.140. The van der Waals surface area contributed by atoms with Gasteiger partial charge in [-0.05, 0) is 72.2 Å². The van der Waals surface area contributed by atoms with Gasteiger partial charge < -0.3 is 5.32 Å². The molecule has 3 aromatic rings. The van der Waals surface area contributed by atoms with Crippen LogP contribution in [0, 0.1) is 25.7 Å². The molecule has 1 fully saturated rings. The molecule has 2 bridgehead atoms. The Balaban J connectivity index is 1.14. The van der Waals surface area contributed by atoms with Gasteiger partial charge in [0.05, 0.1) is 11.8 Å². The molecule has 1 aliphatic heterocycles. The molecule has 0 saturated carbocycles. The van der Waals surface area contributed by atoms with Gasteiger partial charge in [-0.15, -0.1) is 23.2 Å². The number of rotatable bonds is 7. The quantitative estimate of drug-likeness (QED) is 0.170. The molecule has 3 aromatic carbocycles. The third-order valence-electron chi connectivity index (χ3n) is 8.74. The van der Waals surface area contributed by atoms with Crippen LogP contribution in [0.5, 0.6) is 0 Å². The highest BCUT2D eigenvalue weighted by Crippen LogP contribution is 2.69. The highest BCUT2D eigenvalue weighted by molar-refractivity contribution is 9.10. The van der Waals surface area contributed by atoms with E-state index in [9.17, 15) is 14.4 Å². The van der Waals surface area contributed by atoms with Gasteiger partial charge in [-0.1, -0.05) is 70.9 Å². The standard InChI is InChI=1S/C32H29BrCl2N2O3/c1-18-17-25(19(2)16-24(18)33)36-26(38)14-4-3-9-15-37-29(39)27-28(30(37)40)32(35)21-11-6-5-10-20(21)31(27,34)22-12-7-8-13-23(22)32/h5-8,10-13,16-17,27-28H,3-4,9,14-15H2,1-2H3,(H,36,38)/t27-,28-,31?,32?/m0/s1. The number of amides is 3. The summed E-state index contributed by atoms with van der Waals surface area (Å²) in [6, 6.07) is 19.2. The van der Waals surface area contributed by atoms with Crippen molar-refractivity contribution in [3.8, 4) is 0 Å². The number of carbonyl (C=O) groups excluding carboxylic acids is 3. The van der Waals surface area contributed by atoms with Crippen LogP contribution >= 0.6 is 39.1 Å². The minimum absolute atomic E-state index is 0.0514. The van der Waals surface area contributed by atoms with Gasteiger partial charge >= 0.3 is 0 Å². The Morgan fingerprint density at radius 1 is 0.825 bits per heavy atom. The fourth-order valence-corrected chi connectivity index (χ4v) is 8.36. The topological polar surface area (TPSA) is 66.5 Å². The van der Waals surface area contributed by atoms with E-state index in [1.54, 1.807) is 0 Å². The van der Waals surface area contributed by atoms with Gasteiger partial charge in [-0.25, -0.2) is 0 Å². The number of alkyl halides is 2. The number of benzene rings is 3. The van der Waals surface area contributed by atoms with Crippen LogP contribution in [0.1, 0.15) is 59.1 Å². The van der Waals surface area contributed by atoms with E-state index in [2.05, 4.69) is 21.2 Å². The number of likely N-dealkylation sites (tertiary alicyclic amines) is 1. The molecular weight excluding hydrogens is 611 g/mol. The normalized spacial score (nSPS) is 26.0. The first kappa shape index (κ1) is 27.5. The van der Waals surface area contributed by atoms with Crippen LogP contribution in [-0.2, 0) is 24.1 Å². The van der Waals surface area contributed by atoms with E-state index in [0.29, 0.717) is 25.7 Å². The number of halogens is 3. The molecule has 4 aliphatic rings. The van der Waals surface area contributed by atoms with E-state index in [1.165, 1.54) is 4.90 Å². The average Bonchev–Trinajstić information content (AvgIpc) is 3.20. The molecule has 2 atom stereocenters. The molecular formula is C32H29BrCl2N2O3. The molecule has 206 valence electrons. The second kappa shape index (κ2) is 10.0. The molecule has 1 saturated heterocycles. The summed E-state index contributed by atoms with van der Waals surface area (Å²) < 4.78 is 1.01. The first-order valence-corrected chi connectivity index (χ1v) is 15.1. The molecule has 1 heterocycles. The van der Waals surface area contributed by atoms with Crippen molar-refractivity contribution in [3.63, 3.8) is 0 Å². The molecule has 0 unspecified atom stereocenters. The van der Waals surface area contributed by atoms with E-state index in [0.717, 1.165) is 43.5 Å². The molecule has 8 heteroatoms. The van der Waals surface area contributed by atoms with Crippen molar-refractivity contribution in [2.45, 2.75) is 49.3 Å². The van der Waals surface area contributed by atoms with Crippen LogP contribution < -0.4 is 5.32 Å². The number of nitrogens with zero attached hydrogens (tertiary/aromatic N) is 1. The summed E-state index contributed by atoms with van der Waals surface area (Å²) in [5.74, 6) is -2.13. The first-order valence-electron chi connectivity index (χ1n) is 13.6. The van der Waals surface area contributed by atoms with Gasteiger partial charge in [0.1, 0.15) is 9.75 Å². The van der Waals surface area contributed by atoms with Crippen molar-refractivity contribution in [2.24, 2.45) is 11.8 Å². The van der Waals surface area contributed by atoms with Gasteiger partial charge in [0, 0.05) is 23.1 Å². The van der Waals surface area contributed by atoms with Gasteiger partial charge in [-0.2, -0.15) is 0 Å². The van der Waals surface area contributed by atoms with Gasteiger partial charge in [0.15, 0.2) is 0 Å². The lowest BCUT2D eigenvalue weighted by Gasteiger charge is -2.54. The van der Waals surface area contributed by atoms with E-state index in [4.69, 9.17) is 23.2 Å². The van der Waals surface area contributed by atoms with Gasteiger partial charge in [0.2, 0.25) is 17.7 Å². The predicted molar refractivity (Wildman–Crippen MR) is 161 cm³/mol. The van der Waals surface area contributed by atoms with Crippen LogP contribution in [0.2, 0.25) is 0 Å². The number of carbonyl (C=O) groups is 3. The number of imide groups is 1. The summed E-state index contributed by atoms with van der Waals surface area (Å²) in [5.41, 5.74) is 6.06. The average molecular weight is 640 g/mol. The summed E-state index contributed by atoms with van der Waals surface area (Å²) in [5, 5.41) is 2.99. The fourth-order valence-electron chi connectivity index (χ4n) is 6.81. The zero-order chi connectivity index (χ0) is 28.4. The monoisotopic (exact) mass is 638 g/mol. The second-order valence-corrected chi connectivity index (χ2v) is 13.1. The van der Waals surface area contributed by atoms with Gasteiger partial charge in [-0.3, -0.25) is 19.3 Å². The molecule has 7 rings (SSSR count). The van der Waals surface area contributed by atoms with E-state index in [-0.39, 0.29) is 24.3 Å². The predicted octanol–water partition coefficient (Wildman–Crippen LogP) is 7.16. The highest BCUT2D eigenvalue weighted by atomic mass is 79.9. The Labute approximate surface area is 252 Å². The van der Waals surface area contributed by atoms with Crippen molar-refractivity contribution in [1.82, 2.24) is 4.90 Å². The van der Waals surface area contributed by atoms with Gasteiger partial charge in [0.25, 0.3) is 0 Å². The van der Waals surface area contributed by atoms with Crippen LogP contribution in [-0.4, -0.2) is 29.2 Å². The second-order valence-electron chi connectivity index (χ2n) is 11.1. The van der Waals surface area contributed by atoms with E-state index in [1.807, 2.05) is 74.5 Å². The van der Waals surface area contributed by atoms with Crippen molar-refractivity contribution in [3.05, 3.63) is 98.5 Å². The maximum Gasteiger partial charge on any atom is 0.235 e. The van der Waals surface area contributed by atoms with Crippen molar-refractivity contribution in [1.29, 1.82) is 0 Å². The fraction of sp³-hybridized carbons (Fsp3) is 0.344. The third kappa shape index (κ3) is 3.90. The smallest absolute Gasteiger partial charge is 0.235 e. The zero-order valence-electron chi connectivity index (χ0n) is 22.3. The lowest BCUT2D eigenvalue weighted by atomic mass is 9.54. The number of anilines is 1. The largest absolute Gasteiger partial charge is 0.326 e. The van der Waals surface area contributed by atoms with Crippen LogP contribution in [0.4, 0.5) is 5.69 Å². The Morgan fingerprint density at radius 2 is 1.32 bits per heavy atom. The van der Waals surface area contributed by atoms with Crippen molar-refractivity contribution in [2.75, 3.05) is 11.9 Å². The summed E-state index contributed by atoms with van der Waals surface area (Å²) in [6.45, 7) is 4.22. The molecule has 3 amide bonds. The summed E-state index contributed by atoms with van der Waals surface area (Å²) in [4.78, 5) is 39.3. The minimum Gasteiger partial charge on any atom is -0.326 e. The molecule has 40 heavy (non-hydrogen) atoms. The molecule has 3 aliphatic carbocycles. The Morgan fingerprint density at radius 3 is 1.82 bits per heavy atom. The number of aryl methyl sites for hydroxylation is 2.